The molecule has 1 amide bonds. The summed E-state index contributed by atoms with van der Waals surface area (Å²) < 4.78 is 27.7. The minimum Gasteiger partial charge on any atom is -0.348 e. The molecule has 6 nitrogen and oxygen atoms in total. The van der Waals surface area contributed by atoms with Crippen LogP contribution >= 0.6 is 11.6 Å². The molecule has 1 N–H and O–H groups in total. The quantitative estimate of drug-likeness (QED) is 0.678. The van der Waals surface area contributed by atoms with Crippen molar-refractivity contribution < 1.29 is 18.0 Å². The number of rotatable bonds is 6. The van der Waals surface area contributed by atoms with Crippen LogP contribution < -0.4 is 5.32 Å². The summed E-state index contributed by atoms with van der Waals surface area (Å²) in [6, 6.07) is 11.9. The second kappa shape index (κ2) is 9.29. The molecule has 160 valence electrons. The maximum atomic E-state index is 13.2. The third kappa shape index (κ3) is 4.74. The van der Waals surface area contributed by atoms with Crippen LogP contribution in [0.5, 0.6) is 0 Å². The van der Waals surface area contributed by atoms with Crippen molar-refractivity contribution in [3.05, 3.63) is 64.7 Å². The van der Waals surface area contributed by atoms with Crippen molar-refractivity contribution in [2.24, 2.45) is 0 Å². The summed E-state index contributed by atoms with van der Waals surface area (Å²) in [5.74, 6) is -0.478. The molecule has 0 radical (unpaired) electrons. The van der Waals surface area contributed by atoms with Crippen molar-refractivity contribution in [1.82, 2.24) is 9.62 Å². The number of Topliss-reactive ketones (excluding diaryl/α,β-unsaturated/α-hetero) is 1. The Morgan fingerprint density at radius 3 is 2.40 bits per heavy atom. The summed E-state index contributed by atoms with van der Waals surface area (Å²) in [5, 5.41) is 3.46. The Morgan fingerprint density at radius 1 is 1.10 bits per heavy atom. The molecule has 0 spiro atoms. The number of carbonyl (C=O) groups excluding carboxylic acids is 2. The van der Waals surface area contributed by atoms with Gasteiger partial charge in [0.25, 0.3) is 0 Å². The van der Waals surface area contributed by atoms with Crippen molar-refractivity contribution in [3.8, 4) is 0 Å². The predicted molar refractivity (Wildman–Crippen MR) is 116 cm³/mol. The molecule has 0 aliphatic carbocycles. The van der Waals surface area contributed by atoms with E-state index in [9.17, 15) is 18.0 Å². The Balaban J connectivity index is 1.82. The van der Waals surface area contributed by atoms with E-state index in [1.54, 1.807) is 6.07 Å². The molecule has 1 aliphatic heterocycles. The molecule has 2 unspecified atom stereocenters. The summed E-state index contributed by atoms with van der Waals surface area (Å²) in [7, 11) is -3.87. The largest absolute Gasteiger partial charge is 0.348 e. The molecule has 1 fully saturated rings. The number of nitrogens with zero attached hydrogens (tertiary/aromatic N) is 1. The molecule has 1 heterocycles. The van der Waals surface area contributed by atoms with Crippen LogP contribution in [0.4, 0.5) is 0 Å². The first-order chi connectivity index (χ1) is 14.2. The lowest BCUT2D eigenvalue weighted by atomic mass is 10.0. The van der Waals surface area contributed by atoms with Gasteiger partial charge >= 0.3 is 0 Å². The Kier molecular flexibility index (Phi) is 6.95. The topological polar surface area (TPSA) is 83.6 Å². The summed E-state index contributed by atoms with van der Waals surface area (Å²) in [6.45, 7) is 3.52. The molecule has 3 rings (SSSR count). The van der Waals surface area contributed by atoms with E-state index in [4.69, 9.17) is 11.6 Å². The van der Waals surface area contributed by atoms with Crippen LogP contribution in [-0.2, 0) is 14.8 Å². The Morgan fingerprint density at radius 2 is 1.77 bits per heavy atom. The van der Waals surface area contributed by atoms with Crippen molar-refractivity contribution in [1.29, 1.82) is 0 Å². The molecule has 0 bridgehead atoms. The molecule has 2 aromatic carbocycles. The van der Waals surface area contributed by atoms with E-state index in [0.29, 0.717) is 23.4 Å². The number of hydrogen-bond donors (Lipinski definition) is 1. The highest BCUT2D eigenvalue weighted by Crippen LogP contribution is 2.27. The normalized spacial score (nSPS) is 18.6. The summed E-state index contributed by atoms with van der Waals surface area (Å²) in [4.78, 5) is 24.6. The van der Waals surface area contributed by atoms with Crippen LogP contribution in [-0.4, -0.2) is 37.0 Å². The lowest BCUT2D eigenvalue weighted by Gasteiger charge is -2.34. The summed E-state index contributed by atoms with van der Waals surface area (Å²) in [6.07, 6.45) is 1.91. The standard InChI is InChI=1S/C22H25ClN2O4S/c1-15(19-7-3-4-8-20(19)23)24-22(27)21-9-5-6-14-25(21)30(28,29)18-12-10-17(11-13-18)16(2)26/h3-4,7-8,10-13,15,21H,5-6,9,14H2,1-2H3,(H,24,27). The van der Waals surface area contributed by atoms with Crippen LogP contribution in [0.3, 0.4) is 0 Å². The highest BCUT2D eigenvalue weighted by molar-refractivity contribution is 7.89. The monoisotopic (exact) mass is 448 g/mol. The average Bonchev–Trinajstić information content (AvgIpc) is 2.74. The number of carbonyl (C=O) groups is 2. The minimum absolute atomic E-state index is 0.0753. The van der Waals surface area contributed by atoms with Crippen LogP contribution in [0.15, 0.2) is 53.4 Å². The lowest BCUT2D eigenvalue weighted by Crippen LogP contribution is -2.52. The fraction of sp³-hybridized carbons (Fsp3) is 0.364. The number of benzene rings is 2. The van der Waals surface area contributed by atoms with Gasteiger partial charge in [0.05, 0.1) is 10.9 Å². The van der Waals surface area contributed by atoms with Gasteiger partial charge in [-0.05, 0) is 50.5 Å². The Labute approximate surface area is 182 Å². The lowest BCUT2D eigenvalue weighted by molar-refractivity contribution is -0.126. The van der Waals surface area contributed by atoms with E-state index in [1.165, 1.54) is 35.5 Å². The number of piperidine rings is 1. The molecule has 30 heavy (non-hydrogen) atoms. The van der Waals surface area contributed by atoms with Gasteiger partial charge in [0.2, 0.25) is 15.9 Å². The van der Waals surface area contributed by atoms with Gasteiger partial charge < -0.3 is 5.32 Å². The van der Waals surface area contributed by atoms with Crippen LogP contribution in [0.1, 0.15) is 55.1 Å². The molecule has 2 aromatic rings. The molecular formula is C22H25ClN2O4S. The van der Waals surface area contributed by atoms with Gasteiger partial charge in [0, 0.05) is 17.1 Å². The van der Waals surface area contributed by atoms with E-state index in [1.807, 2.05) is 25.1 Å². The van der Waals surface area contributed by atoms with Gasteiger partial charge in [-0.3, -0.25) is 9.59 Å². The predicted octanol–water partition coefficient (Wildman–Crippen LogP) is 3.96. The van der Waals surface area contributed by atoms with Crippen LogP contribution in [0, 0.1) is 0 Å². The molecule has 8 heteroatoms. The molecule has 0 aromatic heterocycles. The third-order valence-electron chi connectivity index (χ3n) is 5.35. The van der Waals surface area contributed by atoms with Crippen molar-refractivity contribution in [2.45, 2.75) is 50.1 Å². The summed E-state index contributed by atoms with van der Waals surface area (Å²) >= 11 is 6.22. The molecule has 0 saturated carbocycles. The molecule has 1 aliphatic rings. The van der Waals surface area contributed by atoms with Crippen LogP contribution in [0.2, 0.25) is 5.02 Å². The van der Waals surface area contributed by atoms with Gasteiger partial charge in [-0.25, -0.2) is 8.42 Å². The van der Waals surface area contributed by atoms with Crippen LogP contribution in [0.25, 0.3) is 0 Å². The second-order valence-electron chi connectivity index (χ2n) is 7.46. The van der Waals surface area contributed by atoms with Crippen molar-refractivity contribution in [2.75, 3.05) is 6.54 Å². The second-order valence-corrected chi connectivity index (χ2v) is 9.76. The first-order valence-corrected chi connectivity index (χ1v) is 11.7. The highest BCUT2D eigenvalue weighted by atomic mass is 35.5. The summed E-state index contributed by atoms with van der Waals surface area (Å²) in [5.41, 5.74) is 1.22. The zero-order valence-electron chi connectivity index (χ0n) is 17.0. The van der Waals surface area contributed by atoms with Crippen molar-refractivity contribution >= 4 is 33.3 Å². The molecule has 1 saturated heterocycles. The maximum absolute atomic E-state index is 13.2. The smallest absolute Gasteiger partial charge is 0.243 e. The van der Waals surface area contributed by atoms with E-state index in [-0.39, 0.29) is 29.2 Å². The van der Waals surface area contributed by atoms with Gasteiger partial charge in [-0.2, -0.15) is 4.31 Å². The SMILES string of the molecule is CC(=O)c1ccc(S(=O)(=O)N2CCCCC2C(=O)NC(C)c2ccccc2Cl)cc1. The van der Waals surface area contributed by atoms with Gasteiger partial charge in [-0.15, -0.1) is 0 Å². The van der Waals surface area contributed by atoms with Gasteiger partial charge in [0.1, 0.15) is 6.04 Å². The van der Waals surface area contributed by atoms with E-state index in [0.717, 1.165) is 12.0 Å². The van der Waals surface area contributed by atoms with Gasteiger partial charge in [-0.1, -0.05) is 48.4 Å². The zero-order valence-corrected chi connectivity index (χ0v) is 18.5. The molecule has 2 atom stereocenters. The zero-order chi connectivity index (χ0) is 21.9. The number of sulfonamides is 1. The number of amides is 1. The van der Waals surface area contributed by atoms with E-state index >= 15 is 0 Å². The first-order valence-electron chi connectivity index (χ1n) is 9.89. The number of nitrogens with one attached hydrogen (secondary N) is 1. The first kappa shape index (κ1) is 22.5. The Bertz CT molecular complexity index is 1040. The fourth-order valence-corrected chi connectivity index (χ4v) is 5.62. The minimum atomic E-state index is -3.87. The maximum Gasteiger partial charge on any atom is 0.243 e. The number of ketones is 1. The van der Waals surface area contributed by atoms with E-state index < -0.39 is 16.1 Å². The highest BCUT2D eigenvalue weighted by Gasteiger charge is 2.38. The number of halogens is 1. The van der Waals surface area contributed by atoms with Gasteiger partial charge in [0.15, 0.2) is 5.78 Å². The number of hydrogen-bond acceptors (Lipinski definition) is 4. The fourth-order valence-electron chi connectivity index (χ4n) is 3.67. The third-order valence-corrected chi connectivity index (χ3v) is 7.62. The van der Waals surface area contributed by atoms with E-state index in [2.05, 4.69) is 5.32 Å². The Hall–Kier alpha value is -2.22. The van der Waals surface area contributed by atoms with Crippen molar-refractivity contribution in [3.63, 3.8) is 0 Å². The molecular weight excluding hydrogens is 424 g/mol. The average molecular weight is 449 g/mol.